The molecule has 126 valence electrons. The zero-order valence-electron chi connectivity index (χ0n) is 13.2. The number of methoxy groups -OCH3 is 1. The molecule has 0 atom stereocenters. The number of hydrogen-bond acceptors (Lipinski definition) is 5. The number of aromatic hydroxyl groups is 1. The third-order valence-electron chi connectivity index (χ3n) is 3.02. The maximum atomic E-state index is 9.82. The Morgan fingerprint density at radius 3 is 2.54 bits per heavy atom. The summed E-state index contributed by atoms with van der Waals surface area (Å²) in [6.07, 6.45) is 2.92. The molecule has 2 aromatic rings. The van der Waals surface area contributed by atoms with E-state index in [1.165, 1.54) is 12.3 Å². The summed E-state index contributed by atoms with van der Waals surface area (Å²) in [5, 5.41) is 18.2. The SMILES string of the molecule is CCOc1ccc(C=N/N=C/c2cc(Cl)cc(Cl)c2O)cc1OC. The van der Waals surface area contributed by atoms with Crippen LogP contribution in [0.4, 0.5) is 0 Å². The van der Waals surface area contributed by atoms with Crippen molar-refractivity contribution in [3.05, 3.63) is 51.5 Å². The molecule has 5 nitrogen and oxygen atoms in total. The number of phenolic OH excluding ortho intramolecular Hbond substituents is 1. The highest BCUT2D eigenvalue weighted by Gasteiger charge is 2.06. The van der Waals surface area contributed by atoms with E-state index < -0.39 is 0 Å². The predicted octanol–water partition coefficient (Wildman–Crippen LogP) is 4.56. The molecule has 0 fully saturated rings. The Labute approximate surface area is 150 Å². The molecule has 2 aromatic carbocycles. The van der Waals surface area contributed by atoms with Crippen LogP contribution in [0.5, 0.6) is 17.2 Å². The van der Waals surface area contributed by atoms with Crippen LogP contribution < -0.4 is 9.47 Å². The molecular weight excluding hydrogens is 351 g/mol. The van der Waals surface area contributed by atoms with Gasteiger partial charge in [0.1, 0.15) is 5.75 Å². The van der Waals surface area contributed by atoms with E-state index in [1.54, 1.807) is 31.5 Å². The van der Waals surface area contributed by atoms with Crippen LogP contribution in [0.2, 0.25) is 10.0 Å². The van der Waals surface area contributed by atoms with Crippen molar-refractivity contribution >= 4 is 35.6 Å². The van der Waals surface area contributed by atoms with Gasteiger partial charge in [0.15, 0.2) is 11.5 Å². The molecule has 0 amide bonds. The second-order valence-corrected chi connectivity index (χ2v) is 5.50. The predicted molar refractivity (Wildman–Crippen MR) is 97.5 cm³/mol. The molecule has 1 N–H and O–H groups in total. The summed E-state index contributed by atoms with van der Waals surface area (Å²) >= 11 is 11.7. The monoisotopic (exact) mass is 366 g/mol. The van der Waals surface area contributed by atoms with E-state index in [9.17, 15) is 5.11 Å². The summed E-state index contributed by atoms with van der Waals surface area (Å²) in [5.74, 6) is 1.19. The molecule has 0 aliphatic rings. The molecule has 2 rings (SSSR count). The number of benzene rings is 2. The van der Waals surface area contributed by atoms with Gasteiger partial charge in [0, 0.05) is 10.6 Å². The Hall–Kier alpha value is -2.24. The largest absolute Gasteiger partial charge is 0.506 e. The molecular formula is C17H16Cl2N2O3. The second kappa shape index (κ2) is 8.57. The summed E-state index contributed by atoms with van der Waals surface area (Å²) in [7, 11) is 1.57. The summed E-state index contributed by atoms with van der Waals surface area (Å²) in [4.78, 5) is 0. The van der Waals surface area contributed by atoms with Crippen molar-refractivity contribution < 1.29 is 14.6 Å². The molecule has 0 aliphatic carbocycles. The van der Waals surface area contributed by atoms with Crippen LogP contribution in [-0.4, -0.2) is 31.3 Å². The molecule has 0 spiro atoms. The van der Waals surface area contributed by atoms with Gasteiger partial charge in [0.2, 0.25) is 0 Å². The highest BCUT2D eigenvalue weighted by molar-refractivity contribution is 6.36. The minimum atomic E-state index is -0.0947. The van der Waals surface area contributed by atoms with Gasteiger partial charge in [-0.15, -0.1) is 0 Å². The first-order chi connectivity index (χ1) is 11.5. The molecule has 0 saturated carbocycles. The van der Waals surface area contributed by atoms with E-state index in [0.717, 1.165) is 5.56 Å². The van der Waals surface area contributed by atoms with Crippen molar-refractivity contribution in [3.8, 4) is 17.2 Å². The molecule has 0 bridgehead atoms. The fourth-order valence-electron chi connectivity index (χ4n) is 1.92. The minimum absolute atomic E-state index is 0.0947. The average Bonchev–Trinajstić information content (AvgIpc) is 2.57. The van der Waals surface area contributed by atoms with Crippen LogP contribution in [0.25, 0.3) is 0 Å². The van der Waals surface area contributed by atoms with E-state index in [4.69, 9.17) is 32.7 Å². The maximum absolute atomic E-state index is 9.82. The standard InChI is InChI=1S/C17H16Cl2N2O3/c1-3-24-15-5-4-11(6-16(15)23-2)9-20-21-10-12-7-13(18)8-14(19)17(12)22/h4-10,22H,3H2,1-2H3/b20-9?,21-10+. The number of halogens is 2. The van der Waals surface area contributed by atoms with E-state index in [2.05, 4.69) is 10.2 Å². The van der Waals surface area contributed by atoms with Gasteiger partial charge in [0.25, 0.3) is 0 Å². The lowest BCUT2D eigenvalue weighted by atomic mass is 10.2. The first-order valence-corrected chi connectivity index (χ1v) is 7.86. The maximum Gasteiger partial charge on any atom is 0.161 e. The van der Waals surface area contributed by atoms with Gasteiger partial charge in [-0.3, -0.25) is 0 Å². The van der Waals surface area contributed by atoms with Gasteiger partial charge in [-0.05, 0) is 42.8 Å². The third-order valence-corrected chi connectivity index (χ3v) is 3.52. The lowest BCUT2D eigenvalue weighted by Gasteiger charge is -2.09. The van der Waals surface area contributed by atoms with Gasteiger partial charge < -0.3 is 14.6 Å². The molecule has 0 aliphatic heterocycles. The highest BCUT2D eigenvalue weighted by Crippen LogP contribution is 2.30. The van der Waals surface area contributed by atoms with E-state index >= 15 is 0 Å². The zero-order chi connectivity index (χ0) is 17.5. The Balaban J connectivity index is 2.14. The van der Waals surface area contributed by atoms with Crippen molar-refractivity contribution in [2.75, 3.05) is 13.7 Å². The van der Waals surface area contributed by atoms with E-state index in [0.29, 0.717) is 28.7 Å². The fourth-order valence-corrected chi connectivity index (χ4v) is 2.43. The van der Waals surface area contributed by atoms with Gasteiger partial charge >= 0.3 is 0 Å². The highest BCUT2D eigenvalue weighted by atomic mass is 35.5. The first-order valence-electron chi connectivity index (χ1n) is 7.10. The molecule has 7 heteroatoms. The number of hydrogen-bond donors (Lipinski definition) is 1. The number of nitrogens with zero attached hydrogens (tertiary/aromatic N) is 2. The van der Waals surface area contributed by atoms with Crippen LogP contribution in [0.15, 0.2) is 40.5 Å². The summed E-state index contributed by atoms with van der Waals surface area (Å²) in [6, 6.07) is 8.42. The Morgan fingerprint density at radius 1 is 1.08 bits per heavy atom. The third kappa shape index (κ3) is 4.63. The minimum Gasteiger partial charge on any atom is -0.506 e. The van der Waals surface area contributed by atoms with Crippen molar-refractivity contribution in [1.29, 1.82) is 0 Å². The zero-order valence-corrected chi connectivity index (χ0v) is 14.7. The molecule has 0 radical (unpaired) electrons. The van der Waals surface area contributed by atoms with E-state index in [-0.39, 0.29) is 10.8 Å². The van der Waals surface area contributed by atoms with Gasteiger partial charge in [-0.25, -0.2) is 0 Å². The smallest absolute Gasteiger partial charge is 0.161 e. The van der Waals surface area contributed by atoms with Crippen LogP contribution in [0, 0.1) is 0 Å². The lowest BCUT2D eigenvalue weighted by Crippen LogP contribution is -1.96. The number of ether oxygens (including phenoxy) is 2. The van der Waals surface area contributed by atoms with Crippen molar-refractivity contribution in [2.24, 2.45) is 10.2 Å². The van der Waals surface area contributed by atoms with Crippen molar-refractivity contribution in [1.82, 2.24) is 0 Å². The van der Waals surface area contributed by atoms with Crippen LogP contribution >= 0.6 is 23.2 Å². The van der Waals surface area contributed by atoms with E-state index in [1.807, 2.05) is 13.0 Å². The van der Waals surface area contributed by atoms with Crippen molar-refractivity contribution in [2.45, 2.75) is 6.92 Å². The van der Waals surface area contributed by atoms with Gasteiger partial charge in [-0.2, -0.15) is 10.2 Å². The Bertz CT molecular complexity index is 777. The summed E-state index contributed by atoms with van der Waals surface area (Å²) < 4.78 is 10.7. The topological polar surface area (TPSA) is 63.4 Å². The molecule has 0 saturated heterocycles. The molecule has 0 unspecified atom stereocenters. The molecule has 0 aromatic heterocycles. The Kier molecular flexibility index (Phi) is 6.46. The number of rotatable bonds is 6. The average molecular weight is 367 g/mol. The normalized spacial score (nSPS) is 11.3. The Morgan fingerprint density at radius 2 is 1.83 bits per heavy atom. The van der Waals surface area contributed by atoms with Gasteiger partial charge in [-0.1, -0.05) is 23.2 Å². The first kappa shape index (κ1) is 18.1. The van der Waals surface area contributed by atoms with Crippen LogP contribution in [0.1, 0.15) is 18.1 Å². The number of phenols is 1. The van der Waals surface area contributed by atoms with Crippen LogP contribution in [-0.2, 0) is 0 Å². The van der Waals surface area contributed by atoms with Gasteiger partial charge in [0.05, 0.1) is 31.2 Å². The summed E-state index contributed by atoms with van der Waals surface area (Å²) in [5.41, 5.74) is 1.18. The molecule has 24 heavy (non-hydrogen) atoms. The fraction of sp³-hybridized carbons (Fsp3) is 0.176. The summed E-state index contributed by atoms with van der Waals surface area (Å²) in [6.45, 7) is 2.46. The lowest BCUT2D eigenvalue weighted by molar-refractivity contribution is 0.311. The second-order valence-electron chi connectivity index (χ2n) is 4.66. The molecule has 0 heterocycles. The quantitative estimate of drug-likeness (QED) is 0.601. The van der Waals surface area contributed by atoms with Crippen molar-refractivity contribution in [3.63, 3.8) is 0 Å². The van der Waals surface area contributed by atoms with Crippen LogP contribution in [0.3, 0.4) is 0 Å².